The Hall–Kier alpha value is -1.62. The lowest BCUT2D eigenvalue weighted by molar-refractivity contribution is 0.0437. The molecule has 0 saturated heterocycles. The fourth-order valence-electron chi connectivity index (χ4n) is 1.97. The molecule has 24 heavy (non-hydrogen) atoms. The summed E-state index contributed by atoms with van der Waals surface area (Å²) >= 11 is 0. The predicted molar refractivity (Wildman–Crippen MR) is 100 cm³/mol. The molecule has 9 heteroatoms. The molecule has 0 spiro atoms. The molecule has 0 aliphatic heterocycles. The second-order valence-corrected chi connectivity index (χ2v) is 5.36. The summed E-state index contributed by atoms with van der Waals surface area (Å²) in [6, 6.07) is 3.47. The molecule has 8 nitrogen and oxygen atoms in total. The second kappa shape index (κ2) is 9.62. The molecule has 0 aliphatic carbocycles. The van der Waals surface area contributed by atoms with Gasteiger partial charge in [0, 0.05) is 19.5 Å². The van der Waals surface area contributed by atoms with Crippen LogP contribution in [0.25, 0.3) is 0 Å². The van der Waals surface area contributed by atoms with E-state index in [2.05, 4.69) is 25.8 Å². The molecule has 0 amide bonds. The topological polar surface area (TPSA) is 109 Å². The maximum Gasteiger partial charge on any atom is 0.228 e. The highest BCUT2D eigenvalue weighted by molar-refractivity contribution is 14.0. The third-order valence-electron chi connectivity index (χ3n) is 3.14. The van der Waals surface area contributed by atoms with E-state index in [4.69, 9.17) is 8.94 Å². The number of hydrogen-bond donors (Lipinski definition) is 3. The first kappa shape index (κ1) is 20.4. The minimum atomic E-state index is -1.16. The van der Waals surface area contributed by atoms with Crippen LogP contribution >= 0.6 is 24.0 Å². The third-order valence-corrected chi connectivity index (χ3v) is 3.14. The van der Waals surface area contributed by atoms with Gasteiger partial charge in [-0.05, 0) is 32.9 Å². The zero-order chi connectivity index (χ0) is 16.7. The van der Waals surface area contributed by atoms with Gasteiger partial charge in [-0.15, -0.1) is 24.0 Å². The van der Waals surface area contributed by atoms with Gasteiger partial charge in [-0.1, -0.05) is 5.16 Å². The van der Waals surface area contributed by atoms with Gasteiger partial charge in [-0.3, -0.25) is 0 Å². The van der Waals surface area contributed by atoms with E-state index in [9.17, 15) is 5.11 Å². The first-order chi connectivity index (χ1) is 11.0. The molecule has 134 valence electrons. The Morgan fingerprint density at radius 2 is 2.21 bits per heavy atom. The van der Waals surface area contributed by atoms with Gasteiger partial charge in [-0.25, -0.2) is 4.99 Å². The number of nitrogens with zero attached hydrogens (tertiary/aromatic N) is 3. The summed E-state index contributed by atoms with van der Waals surface area (Å²) in [5, 5.41) is 20.4. The van der Waals surface area contributed by atoms with Crippen LogP contribution in [0.1, 0.15) is 31.3 Å². The molecule has 0 fully saturated rings. The highest BCUT2D eigenvalue weighted by atomic mass is 127. The highest BCUT2D eigenvalue weighted by Gasteiger charge is 2.26. The van der Waals surface area contributed by atoms with E-state index in [0.29, 0.717) is 42.9 Å². The number of aliphatic hydroxyl groups is 1. The highest BCUT2D eigenvalue weighted by Crippen LogP contribution is 2.20. The Labute approximate surface area is 158 Å². The van der Waals surface area contributed by atoms with Crippen LogP contribution in [0.3, 0.4) is 0 Å². The van der Waals surface area contributed by atoms with Gasteiger partial charge >= 0.3 is 0 Å². The van der Waals surface area contributed by atoms with E-state index in [1.54, 1.807) is 26.0 Å². The number of guanidine groups is 1. The predicted octanol–water partition coefficient (Wildman–Crippen LogP) is 1.59. The number of aryl methyl sites for hydroxylation is 1. The molecule has 2 rings (SSSR count). The molecule has 0 aromatic carbocycles. The molecule has 1 unspecified atom stereocenters. The Morgan fingerprint density at radius 1 is 1.42 bits per heavy atom. The van der Waals surface area contributed by atoms with Crippen molar-refractivity contribution >= 4 is 29.9 Å². The SMILES string of the molecule is CCNC(=NCC(C)(O)c1ccco1)NCCc1nc(C)no1.I. The van der Waals surface area contributed by atoms with Gasteiger partial charge in [-0.2, -0.15) is 4.98 Å². The monoisotopic (exact) mass is 449 g/mol. The lowest BCUT2D eigenvalue weighted by atomic mass is 10.0. The average Bonchev–Trinajstić information content (AvgIpc) is 3.17. The van der Waals surface area contributed by atoms with E-state index in [1.165, 1.54) is 6.26 Å². The molecule has 3 N–H and O–H groups in total. The summed E-state index contributed by atoms with van der Waals surface area (Å²) in [4.78, 5) is 8.54. The van der Waals surface area contributed by atoms with Crippen molar-refractivity contribution in [3.63, 3.8) is 0 Å². The molecular formula is C15H24IN5O3. The molecule has 2 heterocycles. The fourth-order valence-corrected chi connectivity index (χ4v) is 1.97. The number of aromatic nitrogens is 2. The van der Waals surface area contributed by atoms with Crippen molar-refractivity contribution < 1.29 is 14.0 Å². The number of aliphatic imine (C=N–C) groups is 1. The van der Waals surface area contributed by atoms with E-state index in [1.807, 2.05) is 6.92 Å². The summed E-state index contributed by atoms with van der Waals surface area (Å²) in [6.07, 6.45) is 2.13. The van der Waals surface area contributed by atoms with Gasteiger partial charge in [0.05, 0.1) is 12.8 Å². The van der Waals surface area contributed by atoms with Crippen molar-refractivity contribution in [1.82, 2.24) is 20.8 Å². The van der Waals surface area contributed by atoms with Gasteiger partial charge < -0.3 is 24.7 Å². The molecule has 0 radical (unpaired) electrons. The summed E-state index contributed by atoms with van der Waals surface area (Å²) in [6.45, 7) is 6.91. The molecule has 0 saturated carbocycles. The average molecular weight is 449 g/mol. The van der Waals surface area contributed by atoms with Gasteiger partial charge in [0.1, 0.15) is 11.4 Å². The quantitative estimate of drug-likeness (QED) is 0.335. The molecule has 2 aromatic rings. The number of rotatable bonds is 7. The molecular weight excluding hydrogens is 425 g/mol. The molecule has 1 atom stereocenters. The second-order valence-electron chi connectivity index (χ2n) is 5.36. The zero-order valence-electron chi connectivity index (χ0n) is 14.1. The lowest BCUT2D eigenvalue weighted by Gasteiger charge is -2.19. The Kier molecular flexibility index (Phi) is 8.19. The van der Waals surface area contributed by atoms with Crippen LogP contribution in [-0.4, -0.2) is 40.8 Å². The van der Waals surface area contributed by atoms with Crippen molar-refractivity contribution in [3.8, 4) is 0 Å². The summed E-state index contributed by atoms with van der Waals surface area (Å²) in [5.41, 5.74) is -1.16. The van der Waals surface area contributed by atoms with E-state index in [0.717, 1.165) is 0 Å². The van der Waals surface area contributed by atoms with Crippen molar-refractivity contribution in [2.24, 2.45) is 4.99 Å². The van der Waals surface area contributed by atoms with E-state index < -0.39 is 5.60 Å². The minimum absolute atomic E-state index is 0. The smallest absolute Gasteiger partial charge is 0.228 e. The van der Waals surface area contributed by atoms with Crippen LogP contribution in [0.2, 0.25) is 0 Å². The Morgan fingerprint density at radius 3 is 2.79 bits per heavy atom. The maximum absolute atomic E-state index is 10.4. The van der Waals surface area contributed by atoms with Gasteiger partial charge in [0.15, 0.2) is 11.8 Å². The molecule has 2 aromatic heterocycles. The van der Waals surface area contributed by atoms with Crippen molar-refractivity contribution in [2.45, 2.75) is 32.8 Å². The van der Waals surface area contributed by atoms with Crippen molar-refractivity contribution in [3.05, 3.63) is 35.9 Å². The number of halogens is 1. The summed E-state index contributed by atoms with van der Waals surface area (Å²) < 4.78 is 10.3. The maximum atomic E-state index is 10.4. The van der Waals surface area contributed by atoms with E-state index >= 15 is 0 Å². The number of furan rings is 1. The zero-order valence-corrected chi connectivity index (χ0v) is 16.4. The first-order valence-electron chi connectivity index (χ1n) is 7.59. The Balaban J connectivity index is 0.00000288. The van der Waals surface area contributed by atoms with Gasteiger partial charge in [0.2, 0.25) is 5.89 Å². The van der Waals surface area contributed by atoms with Crippen LogP contribution < -0.4 is 10.6 Å². The molecule has 0 bridgehead atoms. The van der Waals surface area contributed by atoms with Crippen LogP contribution in [0.5, 0.6) is 0 Å². The van der Waals surface area contributed by atoms with Crippen LogP contribution in [0.4, 0.5) is 0 Å². The first-order valence-corrected chi connectivity index (χ1v) is 7.59. The largest absolute Gasteiger partial charge is 0.466 e. The van der Waals surface area contributed by atoms with Crippen molar-refractivity contribution in [1.29, 1.82) is 0 Å². The normalized spacial score (nSPS) is 13.9. The number of hydrogen-bond acceptors (Lipinski definition) is 6. The van der Waals surface area contributed by atoms with Crippen LogP contribution in [0, 0.1) is 6.92 Å². The van der Waals surface area contributed by atoms with Crippen LogP contribution in [-0.2, 0) is 12.0 Å². The Bertz CT molecular complexity index is 625. The minimum Gasteiger partial charge on any atom is -0.466 e. The standard InChI is InChI=1S/C15H23N5O3.HI/c1-4-16-14(17-8-7-13-19-11(2)20-23-13)18-10-15(3,21)12-6-5-9-22-12;/h5-6,9,21H,4,7-8,10H2,1-3H3,(H2,16,17,18);1H. The van der Waals surface area contributed by atoms with Gasteiger partial charge in [0.25, 0.3) is 0 Å². The third kappa shape index (κ3) is 6.11. The summed E-state index contributed by atoms with van der Waals surface area (Å²) in [7, 11) is 0. The van der Waals surface area contributed by atoms with Crippen LogP contribution in [0.15, 0.2) is 32.3 Å². The van der Waals surface area contributed by atoms with Crippen molar-refractivity contribution in [2.75, 3.05) is 19.6 Å². The summed E-state index contributed by atoms with van der Waals surface area (Å²) in [5.74, 6) is 2.29. The number of nitrogens with one attached hydrogen (secondary N) is 2. The fraction of sp³-hybridized carbons (Fsp3) is 0.533. The lowest BCUT2D eigenvalue weighted by Crippen LogP contribution is -2.39. The molecule has 0 aliphatic rings. The van der Waals surface area contributed by atoms with E-state index in [-0.39, 0.29) is 30.5 Å².